The Balaban J connectivity index is 1.26. The molecule has 1 N–H and O–H groups in total. The number of phenolic OH excluding ortho intramolecular Hbond substituents is 1. The van der Waals surface area contributed by atoms with E-state index in [1.807, 2.05) is 71.0 Å². The number of aryl methyl sites for hydroxylation is 4. The van der Waals surface area contributed by atoms with Gasteiger partial charge in [-0.25, -0.2) is 4.90 Å². The Morgan fingerprint density at radius 1 is 1.00 bits per heavy atom. The van der Waals surface area contributed by atoms with Crippen molar-refractivity contribution in [2.24, 2.45) is 36.1 Å². The van der Waals surface area contributed by atoms with E-state index < -0.39 is 29.1 Å². The highest BCUT2D eigenvalue weighted by Gasteiger charge is 2.68. The van der Waals surface area contributed by atoms with Gasteiger partial charge in [0, 0.05) is 35.3 Å². The van der Waals surface area contributed by atoms with Crippen LogP contribution >= 0.6 is 22.9 Å². The molecule has 2 aromatic carbocycles. The van der Waals surface area contributed by atoms with Gasteiger partial charge in [-0.1, -0.05) is 42.3 Å². The van der Waals surface area contributed by atoms with Crippen molar-refractivity contribution < 1.29 is 24.3 Å². The second kappa shape index (κ2) is 11.4. The average molecular weight is 711 g/mol. The number of carbonyl (C=O) groups is 4. The zero-order valence-electron chi connectivity index (χ0n) is 28.9. The smallest absolute Gasteiger partial charge is 0.242 e. The summed E-state index contributed by atoms with van der Waals surface area (Å²) in [4.78, 5) is 60.9. The first-order chi connectivity index (χ1) is 23.8. The van der Waals surface area contributed by atoms with E-state index in [1.165, 1.54) is 9.80 Å². The molecule has 0 radical (unpaired) electrons. The Hall–Kier alpha value is -4.28. The van der Waals surface area contributed by atoms with E-state index in [-0.39, 0.29) is 41.7 Å². The molecule has 3 fully saturated rings. The van der Waals surface area contributed by atoms with Gasteiger partial charge in [0.1, 0.15) is 17.3 Å². The van der Waals surface area contributed by atoms with Crippen molar-refractivity contribution in [1.29, 1.82) is 0 Å². The van der Waals surface area contributed by atoms with E-state index in [1.54, 1.807) is 23.1 Å². The molecule has 4 aromatic rings. The molecular weight excluding hydrogens is 672 g/mol. The fourth-order valence-electron chi connectivity index (χ4n) is 9.49. The Morgan fingerprint density at radius 3 is 2.42 bits per heavy atom. The Kier molecular flexibility index (Phi) is 7.48. The predicted octanol–water partition coefficient (Wildman–Crippen LogP) is 7.23. The van der Waals surface area contributed by atoms with Gasteiger partial charge in [0.05, 0.1) is 28.0 Å². The van der Waals surface area contributed by atoms with Gasteiger partial charge in [0.2, 0.25) is 23.6 Å². The van der Waals surface area contributed by atoms with Crippen LogP contribution in [0.4, 0.5) is 5.82 Å². The van der Waals surface area contributed by atoms with Crippen LogP contribution in [0, 0.1) is 49.9 Å². The molecule has 2 aromatic heterocycles. The fraction of sp³-hybridized carbons (Fsp3) is 0.410. The third kappa shape index (κ3) is 4.40. The molecule has 1 saturated carbocycles. The van der Waals surface area contributed by atoms with Crippen molar-refractivity contribution in [2.45, 2.75) is 59.8 Å². The molecule has 2 aliphatic heterocycles. The molecule has 0 spiro atoms. The number of thiophene rings is 1. The Bertz CT molecular complexity index is 2200. The minimum Gasteiger partial charge on any atom is -0.507 e. The third-order valence-electron chi connectivity index (χ3n) is 11.9. The largest absolute Gasteiger partial charge is 0.507 e. The monoisotopic (exact) mass is 710 g/mol. The molecule has 9 nitrogen and oxygen atoms in total. The van der Waals surface area contributed by atoms with Crippen molar-refractivity contribution >= 4 is 62.5 Å². The van der Waals surface area contributed by atoms with Crippen LogP contribution in [0.2, 0.25) is 5.02 Å². The molecule has 4 heterocycles. The molecule has 0 bridgehead atoms. The number of carbonyl (C=O) groups excluding carboxylic acids is 4. The normalized spacial score (nSPS) is 27.7. The summed E-state index contributed by atoms with van der Waals surface area (Å²) in [6, 6.07) is 11.4. The van der Waals surface area contributed by atoms with Crippen LogP contribution < -0.4 is 4.90 Å². The number of benzene rings is 2. The summed E-state index contributed by atoms with van der Waals surface area (Å²) in [5, 5.41) is 17.2. The van der Waals surface area contributed by atoms with Crippen LogP contribution in [0.1, 0.15) is 61.3 Å². The van der Waals surface area contributed by atoms with Gasteiger partial charge in [-0.15, -0.1) is 11.3 Å². The number of phenols is 1. The first kappa shape index (κ1) is 32.9. The lowest BCUT2D eigenvalue weighted by atomic mass is 9.51. The van der Waals surface area contributed by atoms with Gasteiger partial charge in [0.25, 0.3) is 0 Å². The Labute approximate surface area is 299 Å². The van der Waals surface area contributed by atoms with E-state index in [0.717, 1.165) is 31.7 Å². The fourth-order valence-corrected chi connectivity index (χ4v) is 10.8. The average Bonchev–Trinajstić information content (AvgIpc) is 3.74. The number of allylic oxidation sites excluding steroid dienone is 2. The minimum atomic E-state index is -1.19. The standard InChI is InChI=1S/C39H39ClN4O5S/c1-7-12-43-35(46)24-10-9-23-26(31(24)37(43)48)16-27-36(47)44(38(49)39(27,5)32(23)21-13-18(2)33(45)19(3)14-21)30-17-28(41-42(30)6)34-20(4)25-15-22(40)8-11-29(25)50-34/h8-9,11,13-15,17,24,26-27,31-32,45H,7,10,12,16H2,1-6H3/t24-,26+,27-,31-,32-,39+/m0/s1. The maximum atomic E-state index is 15.0. The van der Waals surface area contributed by atoms with Crippen LogP contribution in [0.25, 0.3) is 20.7 Å². The topological polar surface area (TPSA) is 113 Å². The van der Waals surface area contributed by atoms with E-state index in [0.29, 0.717) is 47.0 Å². The second-order valence-corrected chi connectivity index (χ2v) is 16.2. The van der Waals surface area contributed by atoms with Crippen molar-refractivity contribution in [3.8, 4) is 16.3 Å². The molecular formula is C39H39ClN4O5S. The zero-order valence-corrected chi connectivity index (χ0v) is 30.5. The molecule has 4 aliphatic rings. The maximum Gasteiger partial charge on any atom is 0.242 e. The molecule has 4 amide bonds. The predicted molar refractivity (Wildman–Crippen MR) is 193 cm³/mol. The zero-order chi connectivity index (χ0) is 35.5. The lowest BCUT2D eigenvalue weighted by Gasteiger charge is -2.49. The van der Waals surface area contributed by atoms with E-state index in [2.05, 4.69) is 6.08 Å². The summed E-state index contributed by atoms with van der Waals surface area (Å²) in [6.07, 6.45) is 3.43. The first-order valence-corrected chi connectivity index (χ1v) is 18.4. The number of fused-ring (bicyclic) bond motifs is 5. The summed E-state index contributed by atoms with van der Waals surface area (Å²) in [7, 11) is 1.74. The van der Waals surface area contributed by atoms with E-state index in [4.69, 9.17) is 16.7 Å². The summed E-state index contributed by atoms with van der Waals surface area (Å²) in [6.45, 7) is 9.87. The minimum absolute atomic E-state index is 0.143. The van der Waals surface area contributed by atoms with Gasteiger partial charge in [-0.3, -0.25) is 28.8 Å². The molecule has 2 aliphatic carbocycles. The highest BCUT2D eigenvalue weighted by molar-refractivity contribution is 7.22. The van der Waals surface area contributed by atoms with Crippen LogP contribution in [-0.4, -0.2) is 50.0 Å². The molecule has 258 valence electrons. The quantitative estimate of drug-likeness (QED) is 0.173. The summed E-state index contributed by atoms with van der Waals surface area (Å²) in [5.41, 5.74) is 3.58. The van der Waals surface area contributed by atoms with Crippen LogP contribution in [-0.2, 0) is 26.2 Å². The highest BCUT2D eigenvalue weighted by Crippen LogP contribution is 2.64. The third-order valence-corrected chi connectivity index (χ3v) is 13.4. The number of halogens is 1. The number of imide groups is 2. The highest BCUT2D eigenvalue weighted by atomic mass is 35.5. The van der Waals surface area contributed by atoms with Gasteiger partial charge in [-0.2, -0.15) is 5.10 Å². The number of anilines is 1. The van der Waals surface area contributed by atoms with Crippen LogP contribution in [0.3, 0.4) is 0 Å². The molecule has 6 atom stereocenters. The van der Waals surface area contributed by atoms with Gasteiger partial charge >= 0.3 is 0 Å². The van der Waals surface area contributed by atoms with E-state index >= 15 is 4.79 Å². The Morgan fingerprint density at radius 2 is 1.72 bits per heavy atom. The lowest BCUT2D eigenvalue weighted by Crippen LogP contribution is -2.49. The summed E-state index contributed by atoms with van der Waals surface area (Å²) in [5.74, 6) is -3.12. The van der Waals surface area contributed by atoms with Crippen LogP contribution in [0.15, 0.2) is 48.0 Å². The molecule has 11 heteroatoms. The van der Waals surface area contributed by atoms with Crippen molar-refractivity contribution in [2.75, 3.05) is 11.4 Å². The number of hydrogen-bond donors (Lipinski definition) is 1. The van der Waals surface area contributed by atoms with Gasteiger partial charge in [-0.05, 0) is 98.7 Å². The summed E-state index contributed by atoms with van der Waals surface area (Å²) >= 11 is 7.89. The van der Waals surface area contributed by atoms with Gasteiger partial charge in [0.15, 0.2) is 0 Å². The number of hydrogen-bond acceptors (Lipinski definition) is 7. The summed E-state index contributed by atoms with van der Waals surface area (Å²) < 4.78 is 2.66. The van der Waals surface area contributed by atoms with Crippen molar-refractivity contribution in [1.82, 2.24) is 14.7 Å². The molecule has 8 rings (SSSR count). The molecule has 2 saturated heterocycles. The van der Waals surface area contributed by atoms with Crippen LogP contribution in [0.5, 0.6) is 5.75 Å². The maximum absolute atomic E-state index is 15.0. The van der Waals surface area contributed by atoms with Gasteiger partial charge < -0.3 is 5.11 Å². The first-order valence-electron chi connectivity index (χ1n) is 17.2. The number of amides is 4. The molecule has 0 unspecified atom stereocenters. The van der Waals surface area contributed by atoms with Crippen molar-refractivity contribution in [3.63, 3.8) is 0 Å². The van der Waals surface area contributed by atoms with Crippen molar-refractivity contribution in [3.05, 3.63) is 75.3 Å². The number of nitrogens with zero attached hydrogens (tertiary/aromatic N) is 4. The SMILES string of the molecule is CCCN1C(=O)[C@H]2[C@H](CC=C3[C@H]2C[C@H]2C(=O)N(c4cc(-c5sc6ccc(Cl)cc6c5C)nn4C)C(=O)[C@@]2(C)[C@H]3c2cc(C)c(O)c(C)c2)C1=O. The number of likely N-dealkylation sites (tertiary alicyclic amines) is 1. The van der Waals surface area contributed by atoms with E-state index in [9.17, 15) is 19.5 Å². The lowest BCUT2D eigenvalue weighted by molar-refractivity contribution is -0.140. The number of aromatic nitrogens is 2. The number of aromatic hydroxyl groups is 1. The number of rotatable bonds is 5. The molecule has 50 heavy (non-hydrogen) atoms. The second-order valence-electron chi connectivity index (χ2n) is 14.7.